The van der Waals surface area contributed by atoms with Crippen LogP contribution in [0.25, 0.3) is 0 Å². The number of carbonyl (C=O) groups excluding carboxylic acids is 2. The van der Waals surface area contributed by atoms with E-state index < -0.39 is 62.7 Å². The largest absolute Gasteiger partial charge is 0.468 e. The summed E-state index contributed by atoms with van der Waals surface area (Å²) < 4.78 is 46.5. The molecule has 1 heterocycles. The number of piperidine rings is 1. The van der Waals surface area contributed by atoms with Crippen LogP contribution in [0.4, 0.5) is 23.7 Å². The number of nitro benzene ring substituents is 1. The van der Waals surface area contributed by atoms with Crippen molar-refractivity contribution in [1.29, 1.82) is 0 Å². The van der Waals surface area contributed by atoms with Crippen LogP contribution >= 0.6 is 11.8 Å². The van der Waals surface area contributed by atoms with Crippen molar-refractivity contribution in [2.75, 3.05) is 20.2 Å². The molecule has 0 radical (unpaired) electrons. The number of nitrogens with zero attached hydrogens (tertiary/aromatic N) is 3. The van der Waals surface area contributed by atoms with Crippen molar-refractivity contribution in [1.82, 2.24) is 9.80 Å². The lowest BCUT2D eigenvalue weighted by Gasteiger charge is -2.40. The van der Waals surface area contributed by atoms with E-state index in [-0.39, 0.29) is 30.8 Å². The van der Waals surface area contributed by atoms with Crippen LogP contribution in [0, 0.1) is 10.1 Å². The summed E-state index contributed by atoms with van der Waals surface area (Å²) in [5, 5.41) is 21.4. The molecular weight excluding hydrogens is 531 g/mol. The van der Waals surface area contributed by atoms with Gasteiger partial charge in [0.05, 0.1) is 34.1 Å². The molecule has 3 rings (SSSR count). The van der Waals surface area contributed by atoms with Gasteiger partial charge in [-0.15, -0.1) is 11.8 Å². The zero-order chi connectivity index (χ0) is 28.4. The Bertz CT molecular complexity index is 1110. The van der Waals surface area contributed by atoms with Crippen LogP contribution in [0.2, 0.25) is 0 Å². The number of thioether (sulfide) groups is 1. The molecule has 2 fully saturated rings. The van der Waals surface area contributed by atoms with E-state index in [1.165, 1.54) is 4.90 Å². The Morgan fingerprint density at radius 3 is 2.37 bits per heavy atom. The van der Waals surface area contributed by atoms with Crippen molar-refractivity contribution < 1.29 is 42.3 Å². The Morgan fingerprint density at radius 2 is 1.87 bits per heavy atom. The van der Waals surface area contributed by atoms with Gasteiger partial charge >= 0.3 is 18.2 Å². The number of methoxy groups -OCH3 is 1. The molecule has 1 aromatic carbocycles. The third-order valence-corrected chi connectivity index (χ3v) is 8.47. The summed E-state index contributed by atoms with van der Waals surface area (Å²) in [4.78, 5) is 50.7. The molecule has 1 saturated carbocycles. The number of amides is 2. The highest BCUT2D eigenvalue weighted by Gasteiger charge is 2.47. The number of hydrogen-bond donors (Lipinski definition) is 1. The Balaban J connectivity index is 2.12. The number of benzene rings is 1. The molecule has 210 valence electrons. The van der Waals surface area contributed by atoms with E-state index in [4.69, 9.17) is 4.74 Å². The summed E-state index contributed by atoms with van der Waals surface area (Å²) >= 11 is 0.670. The SMILES string of the molecule is COC(=O)C1(Sc2cc(C(F)(F)F)c(C(=O)N(C(C)C)[C@@H]3CCCN(C(=O)O)C3)cc2[N+](=O)[O-])CCCC1. The van der Waals surface area contributed by atoms with Gasteiger partial charge in [-0.25, -0.2) is 4.79 Å². The number of esters is 1. The van der Waals surface area contributed by atoms with E-state index in [2.05, 4.69) is 0 Å². The lowest BCUT2D eigenvalue weighted by molar-refractivity contribution is -0.387. The summed E-state index contributed by atoms with van der Waals surface area (Å²) in [5.41, 5.74) is -2.97. The minimum absolute atomic E-state index is 0.0850. The van der Waals surface area contributed by atoms with Crippen LogP contribution in [-0.2, 0) is 15.7 Å². The second-order valence-electron chi connectivity index (χ2n) is 9.75. The number of likely N-dealkylation sites (tertiary alicyclic amines) is 1. The molecule has 1 saturated heterocycles. The molecule has 2 aliphatic rings. The first kappa shape index (κ1) is 29.5. The number of alkyl halides is 3. The highest BCUT2D eigenvalue weighted by Crippen LogP contribution is 2.50. The van der Waals surface area contributed by atoms with Crippen molar-refractivity contribution in [3.05, 3.63) is 33.4 Å². The van der Waals surface area contributed by atoms with Crippen LogP contribution in [0.3, 0.4) is 0 Å². The van der Waals surface area contributed by atoms with Gasteiger partial charge in [0.25, 0.3) is 11.6 Å². The molecule has 1 N–H and O–H groups in total. The molecule has 1 atom stereocenters. The lowest BCUT2D eigenvalue weighted by Crippen LogP contribution is -2.54. The molecule has 1 aromatic rings. The first-order valence-corrected chi connectivity index (χ1v) is 13.0. The minimum Gasteiger partial charge on any atom is -0.468 e. The van der Waals surface area contributed by atoms with Gasteiger partial charge in [-0.2, -0.15) is 13.2 Å². The summed E-state index contributed by atoms with van der Waals surface area (Å²) in [5.74, 6) is -1.75. The number of ether oxygens (including phenoxy) is 1. The highest BCUT2D eigenvalue weighted by molar-refractivity contribution is 8.01. The third kappa shape index (κ3) is 6.00. The van der Waals surface area contributed by atoms with Gasteiger partial charge in [0.15, 0.2) is 0 Å². The van der Waals surface area contributed by atoms with Gasteiger partial charge < -0.3 is 19.6 Å². The molecule has 0 unspecified atom stereocenters. The number of carboxylic acid groups (broad SMARTS) is 1. The first-order valence-electron chi connectivity index (χ1n) is 12.2. The fourth-order valence-electron chi connectivity index (χ4n) is 5.21. The van der Waals surface area contributed by atoms with E-state index >= 15 is 0 Å². The maximum absolute atomic E-state index is 14.3. The smallest absolute Gasteiger partial charge is 0.417 e. The van der Waals surface area contributed by atoms with Crippen LogP contribution in [0.15, 0.2) is 17.0 Å². The van der Waals surface area contributed by atoms with Crippen LogP contribution in [0.1, 0.15) is 68.3 Å². The lowest BCUT2D eigenvalue weighted by atomic mass is 9.99. The molecule has 0 aromatic heterocycles. The van der Waals surface area contributed by atoms with E-state index in [9.17, 15) is 42.8 Å². The van der Waals surface area contributed by atoms with Gasteiger partial charge in [-0.05, 0) is 45.6 Å². The summed E-state index contributed by atoms with van der Waals surface area (Å²) in [6.45, 7) is 3.32. The van der Waals surface area contributed by atoms with Crippen molar-refractivity contribution in [2.45, 2.75) is 80.3 Å². The maximum Gasteiger partial charge on any atom is 0.417 e. The quantitative estimate of drug-likeness (QED) is 0.274. The molecular formula is C24H30F3N3O7S. The molecule has 0 spiro atoms. The normalized spacial score (nSPS) is 19.3. The van der Waals surface area contributed by atoms with Crippen molar-refractivity contribution in [2.24, 2.45) is 0 Å². The second-order valence-corrected chi connectivity index (χ2v) is 11.2. The molecule has 1 aliphatic heterocycles. The topological polar surface area (TPSA) is 130 Å². The molecule has 1 aliphatic carbocycles. The van der Waals surface area contributed by atoms with Crippen molar-refractivity contribution in [3.63, 3.8) is 0 Å². The highest BCUT2D eigenvalue weighted by atomic mass is 32.2. The van der Waals surface area contributed by atoms with Crippen molar-refractivity contribution in [3.8, 4) is 0 Å². The fraction of sp³-hybridized carbons (Fsp3) is 0.625. The van der Waals surface area contributed by atoms with Crippen molar-refractivity contribution >= 4 is 35.4 Å². The fourth-order valence-corrected chi connectivity index (χ4v) is 6.71. The van der Waals surface area contributed by atoms with Gasteiger partial charge in [0, 0.05) is 25.2 Å². The predicted octanol–water partition coefficient (Wildman–Crippen LogP) is 5.18. The summed E-state index contributed by atoms with van der Waals surface area (Å²) in [7, 11) is 1.15. The second kappa shape index (κ2) is 11.4. The van der Waals surface area contributed by atoms with Crippen LogP contribution in [-0.4, -0.2) is 74.8 Å². The van der Waals surface area contributed by atoms with E-state index in [1.807, 2.05) is 0 Å². The van der Waals surface area contributed by atoms with Gasteiger partial charge in [-0.3, -0.25) is 19.7 Å². The predicted molar refractivity (Wildman–Crippen MR) is 131 cm³/mol. The summed E-state index contributed by atoms with van der Waals surface area (Å²) in [6, 6.07) is -0.123. The zero-order valence-corrected chi connectivity index (χ0v) is 22.1. The molecule has 14 heteroatoms. The Labute approximate surface area is 221 Å². The number of rotatable bonds is 7. The number of hydrogen-bond acceptors (Lipinski definition) is 7. The molecule has 0 bridgehead atoms. The number of halogens is 3. The minimum atomic E-state index is -5.04. The van der Waals surface area contributed by atoms with E-state index in [1.54, 1.807) is 13.8 Å². The van der Waals surface area contributed by atoms with E-state index in [0.29, 0.717) is 49.6 Å². The Morgan fingerprint density at radius 1 is 1.24 bits per heavy atom. The van der Waals surface area contributed by atoms with Gasteiger partial charge in [0.2, 0.25) is 0 Å². The summed E-state index contributed by atoms with van der Waals surface area (Å²) in [6.07, 6.45) is -3.68. The zero-order valence-electron chi connectivity index (χ0n) is 21.2. The standard InChI is InChI=1S/C24H30F3N3O7S/c1-14(2)29(15-7-6-10-28(13-15)22(33)34)20(31)16-11-18(30(35)36)19(12-17(16)24(25,26)27)38-23(21(32)37-3)8-4-5-9-23/h11-12,14-15H,4-10,13H2,1-3H3,(H,33,34)/t15-/m1/s1. The van der Waals surface area contributed by atoms with Crippen LogP contribution < -0.4 is 0 Å². The molecule has 38 heavy (non-hydrogen) atoms. The monoisotopic (exact) mass is 561 g/mol. The first-order chi connectivity index (χ1) is 17.7. The Hall–Kier alpha value is -3.03. The van der Waals surface area contributed by atoms with Gasteiger partial charge in [-0.1, -0.05) is 12.8 Å². The molecule has 2 amide bonds. The third-order valence-electron chi connectivity index (χ3n) is 6.96. The van der Waals surface area contributed by atoms with Gasteiger partial charge in [0.1, 0.15) is 4.75 Å². The maximum atomic E-state index is 14.3. The number of carbonyl (C=O) groups is 3. The molecule has 10 nitrogen and oxygen atoms in total. The number of nitro groups is 1. The Kier molecular flexibility index (Phi) is 8.84. The average Bonchev–Trinajstić information content (AvgIpc) is 3.32. The van der Waals surface area contributed by atoms with E-state index in [0.717, 1.165) is 12.0 Å². The van der Waals surface area contributed by atoms with Crippen LogP contribution in [0.5, 0.6) is 0 Å². The average molecular weight is 562 g/mol.